The summed E-state index contributed by atoms with van der Waals surface area (Å²) in [5, 5.41) is 10.3. The number of hydrogen-bond acceptors (Lipinski definition) is 6. The highest BCUT2D eigenvalue weighted by Crippen LogP contribution is 2.31. The summed E-state index contributed by atoms with van der Waals surface area (Å²) in [4.78, 5) is 22.6. The molecule has 0 aliphatic carbocycles. The first-order valence-corrected chi connectivity index (χ1v) is 7.66. The predicted octanol–water partition coefficient (Wildman–Crippen LogP) is 1.48. The molecule has 25 heavy (non-hydrogen) atoms. The van der Waals surface area contributed by atoms with Gasteiger partial charge < -0.3 is 24.1 Å². The number of aliphatic carboxylic acids is 1. The van der Waals surface area contributed by atoms with Gasteiger partial charge >= 0.3 is 0 Å². The molecule has 128 valence electrons. The van der Waals surface area contributed by atoms with Gasteiger partial charge in [0.15, 0.2) is 17.3 Å². The van der Waals surface area contributed by atoms with Gasteiger partial charge in [-0.1, -0.05) is 18.2 Å². The standard InChI is InChI=1S/C19H16O6/c20-16(14-4-8-17-18(11-14)24-10-9-23-17)7-3-13-1-5-15(6-2-13)25-12-19(21)22/h1-8,11H,9-10,12H2,(H,21,22)/p-1/b7-3+. The van der Waals surface area contributed by atoms with E-state index >= 15 is 0 Å². The summed E-state index contributed by atoms with van der Waals surface area (Å²) in [5.74, 6) is 0.182. The van der Waals surface area contributed by atoms with Crippen LogP contribution in [0.4, 0.5) is 0 Å². The number of carbonyl (C=O) groups excluding carboxylic acids is 2. The Bertz CT molecular complexity index is 807. The van der Waals surface area contributed by atoms with Gasteiger partial charge in [0.05, 0.1) is 5.97 Å². The minimum Gasteiger partial charge on any atom is -0.546 e. The monoisotopic (exact) mass is 339 g/mol. The molecule has 0 bridgehead atoms. The summed E-state index contributed by atoms with van der Waals surface area (Å²) in [6.07, 6.45) is 3.13. The van der Waals surface area contributed by atoms with Crippen LogP contribution in [0.15, 0.2) is 48.5 Å². The summed E-state index contributed by atoms with van der Waals surface area (Å²) in [5.41, 5.74) is 1.29. The maximum Gasteiger partial charge on any atom is 0.185 e. The third-order valence-corrected chi connectivity index (χ3v) is 3.49. The van der Waals surface area contributed by atoms with Crippen molar-refractivity contribution in [2.45, 2.75) is 0 Å². The average Bonchev–Trinajstić information content (AvgIpc) is 2.64. The highest BCUT2D eigenvalue weighted by atomic mass is 16.6. The van der Waals surface area contributed by atoms with Crippen molar-refractivity contribution >= 4 is 17.8 Å². The molecule has 0 fully saturated rings. The molecule has 3 rings (SSSR count). The summed E-state index contributed by atoms with van der Waals surface area (Å²) in [7, 11) is 0. The molecule has 2 aromatic carbocycles. The quantitative estimate of drug-likeness (QED) is 0.585. The van der Waals surface area contributed by atoms with Gasteiger partial charge in [0, 0.05) is 5.56 Å². The predicted molar refractivity (Wildman–Crippen MR) is 87.7 cm³/mol. The van der Waals surface area contributed by atoms with Crippen LogP contribution in [0.2, 0.25) is 0 Å². The number of ether oxygens (including phenoxy) is 3. The molecule has 0 amide bonds. The lowest BCUT2D eigenvalue weighted by Crippen LogP contribution is -2.28. The van der Waals surface area contributed by atoms with Crippen molar-refractivity contribution in [2.24, 2.45) is 0 Å². The van der Waals surface area contributed by atoms with Crippen molar-refractivity contribution in [2.75, 3.05) is 19.8 Å². The van der Waals surface area contributed by atoms with Crippen LogP contribution in [-0.4, -0.2) is 31.6 Å². The topological polar surface area (TPSA) is 84.9 Å². The molecule has 0 spiro atoms. The maximum atomic E-state index is 12.3. The number of hydrogen-bond donors (Lipinski definition) is 0. The molecule has 1 aliphatic rings. The molecule has 1 heterocycles. The Morgan fingerprint density at radius 2 is 1.76 bits per heavy atom. The van der Waals surface area contributed by atoms with E-state index in [1.54, 1.807) is 48.5 Å². The van der Waals surface area contributed by atoms with Crippen LogP contribution >= 0.6 is 0 Å². The summed E-state index contributed by atoms with van der Waals surface area (Å²) in [6.45, 7) is 0.466. The zero-order valence-electron chi connectivity index (χ0n) is 13.3. The molecule has 6 heteroatoms. The minimum atomic E-state index is -1.28. The number of carbonyl (C=O) groups is 2. The summed E-state index contributed by atoms with van der Waals surface area (Å²) in [6, 6.07) is 11.8. The van der Waals surface area contributed by atoms with E-state index in [-0.39, 0.29) is 5.78 Å². The largest absolute Gasteiger partial charge is 0.546 e. The van der Waals surface area contributed by atoms with Crippen molar-refractivity contribution < 1.29 is 28.9 Å². The first-order chi connectivity index (χ1) is 12.1. The van der Waals surface area contributed by atoms with E-state index < -0.39 is 12.6 Å². The molecule has 0 atom stereocenters. The summed E-state index contributed by atoms with van der Waals surface area (Å²) >= 11 is 0. The normalized spacial score (nSPS) is 12.8. The fourth-order valence-electron chi connectivity index (χ4n) is 2.28. The van der Waals surface area contributed by atoms with Gasteiger partial charge in [-0.05, 0) is 42.0 Å². The average molecular weight is 339 g/mol. The van der Waals surface area contributed by atoms with Crippen LogP contribution in [0.25, 0.3) is 6.08 Å². The second-order valence-electron chi connectivity index (χ2n) is 5.29. The molecule has 2 aromatic rings. The Labute approximate surface area is 144 Å². The van der Waals surface area contributed by atoms with E-state index in [0.717, 1.165) is 5.56 Å². The van der Waals surface area contributed by atoms with E-state index in [1.807, 2.05) is 0 Å². The number of carboxylic acid groups (broad SMARTS) is 1. The van der Waals surface area contributed by atoms with Gasteiger partial charge in [0.25, 0.3) is 0 Å². The second kappa shape index (κ2) is 7.53. The molecule has 0 aromatic heterocycles. The highest BCUT2D eigenvalue weighted by Gasteiger charge is 2.13. The van der Waals surface area contributed by atoms with Crippen molar-refractivity contribution in [3.63, 3.8) is 0 Å². The smallest absolute Gasteiger partial charge is 0.185 e. The minimum absolute atomic E-state index is 0.158. The number of ketones is 1. The third kappa shape index (κ3) is 4.38. The Morgan fingerprint density at radius 1 is 1.04 bits per heavy atom. The molecule has 6 nitrogen and oxygen atoms in total. The lowest BCUT2D eigenvalue weighted by molar-refractivity contribution is -0.307. The molecule has 0 radical (unpaired) electrons. The molecular formula is C19H15O6-. The number of benzene rings is 2. The lowest BCUT2D eigenvalue weighted by atomic mass is 10.1. The van der Waals surface area contributed by atoms with Crippen molar-refractivity contribution in [3.8, 4) is 17.2 Å². The highest BCUT2D eigenvalue weighted by molar-refractivity contribution is 6.07. The van der Waals surface area contributed by atoms with Crippen molar-refractivity contribution in [1.82, 2.24) is 0 Å². The van der Waals surface area contributed by atoms with Crippen LogP contribution in [-0.2, 0) is 4.79 Å². The lowest BCUT2D eigenvalue weighted by Gasteiger charge is -2.18. The molecule has 1 aliphatic heterocycles. The van der Waals surface area contributed by atoms with E-state index in [4.69, 9.17) is 14.2 Å². The van der Waals surface area contributed by atoms with Crippen LogP contribution in [0.5, 0.6) is 17.2 Å². The number of carboxylic acids is 1. The Morgan fingerprint density at radius 3 is 2.48 bits per heavy atom. The van der Waals surface area contributed by atoms with E-state index in [9.17, 15) is 14.7 Å². The van der Waals surface area contributed by atoms with Crippen molar-refractivity contribution in [1.29, 1.82) is 0 Å². The van der Waals surface area contributed by atoms with Gasteiger partial charge in [0.2, 0.25) is 0 Å². The fraction of sp³-hybridized carbons (Fsp3) is 0.158. The van der Waals surface area contributed by atoms with E-state index in [0.29, 0.717) is 36.0 Å². The van der Waals surface area contributed by atoms with Gasteiger partial charge in [-0.25, -0.2) is 0 Å². The van der Waals surface area contributed by atoms with Gasteiger partial charge in [-0.2, -0.15) is 0 Å². The molecular weight excluding hydrogens is 324 g/mol. The molecule has 0 unspecified atom stereocenters. The van der Waals surface area contributed by atoms with Crippen molar-refractivity contribution in [3.05, 3.63) is 59.7 Å². The van der Waals surface area contributed by atoms with Crippen LogP contribution in [0, 0.1) is 0 Å². The number of allylic oxidation sites excluding steroid dienone is 1. The Hall–Kier alpha value is -3.28. The number of rotatable bonds is 6. The molecule has 0 N–H and O–H groups in total. The summed E-state index contributed by atoms with van der Waals surface area (Å²) < 4.78 is 15.9. The van der Waals surface area contributed by atoms with Crippen LogP contribution < -0.4 is 19.3 Å². The van der Waals surface area contributed by atoms with Crippen LogP contribution in [0.1, 0.15) is 15.9 Å². The Balaban J connectivity index is 1.65. The molecule has 0 saturated carbocycles. The second-order valence-corrected chi connectivity index (χ2v) is 5.29. The van der Waals surface area contributed by atoms with Gasteiger partial charge in [-0.15, -0.1) is 0 Å². The first-order valence-electron chi connectivity index (χ1n) is 7.66. The maximum absolute atomic E-state index is 12.3. The van der Waals surface area contributed by atoms with E-state index in [1.165, 1.54) is 6.08 Å². The zero-order valence-corrected chi connectivity index (χ0v) is 13.3. The van der Waals surface area contributed by atoms with Gasteiger partial charge in [-0.3, -0.25) is 4.79 Å². The first kappa shape index (κ1) is 16.6. The van der Waals surface area contributed by atoms with Crippen LogP contribution in [0.3, 0.4) is 0 Å². The van der Waals surface area contributed by atoms with E-state index in [2.05, 4.69) is 0 Å². The molecule has 0 saturated heterocycles. The number of fused-ring (bicyclic) bond motifs is 1. The fourth-order valence-corrected chi connectivity index (χ4v) is 2.28. The Kier molecular flexibility index (Phi) is 4.99. The zero-order chi connectivity index (χ0) is 17.6. The third-order valence-electron chi connectivity index (χ3n) is 3.49. The SMILES string of the molecule is O=C([O-])COc1ccc(/C=C/C(=O)c2ccc3c(c2)OCCO3)cc1. The van der Waals surface area contributed by atoms with Gasteiger partial charge in [0.1, 0.15) is 25.6 Å².